The van der Waals surface area contributed by atoms with E-state index in [1.54, 1.807) is 39.0 Å². The minimum atomic E-state index is -1.08. The second kappa shape index (κ2) is 13.2. The van der Waals surface area contributed by atoms with Crippen LogP contribution in [0.3, 0.4) is 0 Å². The van der Waals surface area contributed by atoms with E-state index in [0.29, 0.717) is 17.7 Å². The van der Waals surface area contributed by atoms with E-state index < -0.39 is 35.6 Å². The molecule has 0 aromatic heterocycles. The van der Waals surface area contributed by atoms with E-state index in [-0.39, 0.29) is 18.2 Å². The number of nitrogens with zero attached hydrogens (tertiary/aromatic N) is 1. The Labute approximate surface area is 236 Å². The maximum atomic E-state index is 14.1. The average Bonchev–Trinajstić information content (AvgIpc) is 2.87. The van der Waals surface area contributed by atoms with Gasteiger partial charge in [0.15, 0.2) is 0 Å². The van der Waals surface area contributed by atoms with Crippen molar-refractivity contribution in [2.24, 2.45) is 5.92 Å². The van der Waals surface area contributed by atoms with Gasteiger partial charge in [0.2, 0.25) is 5.91 Å². The van der Waals surface area contributed by atoms with Crippen LogP contribution in [-0.2, 0) is 14.3 Å². The lowest BCUT2D eigenvalue weighted by molar-refractivity contribution is -0.140. The standard InChI is InChI=1S/C32H39N3O5/c1-7-18-35(30(38)27(19-21(2)3)34-31(39)40-32(4,5)6)28(23-13-16-26(36)17-14-23)29(37)33-25-15-12-22-10-8-9-11-24(22)20-25/h7-17,20-21,27-28,36H,1,18-19H2,2-6H3,(H,33,37)(H,34,39). The molecule has 3 amide bonds. The zero-order valence-corrected chi connectivity index (χ0v) is 23.8. The van der Waals surface area contributed by atoms with Gasteiger partial charge in [-0.05, 0) is 73.7 Å². The lowest BCUT2D eigenvalue weighted by atomic mass is 9.99. The summed E-state index contributed by atoms with van der Waals surface area (Å²) in [5.41, 5.74) is 0.320. The van der Waals surface area contributed by atoms with E-state index in [1.165, 1.54) is 23.1 Å². The first-order chi connectivity index (χ1) is 18.9. The van der Waals surface area contributed by atoms with E-state index in [0.717, 1.165) is 10.8 Å². The van der Waals surface area contributed by atoms with Crippen molar-refractivity contribution < 1.29 is 24.2 Å². The molecule has 0 fully saturated rings. The molecule has 3 aromatic rings. The summed E-state index contributed by atoms with van der Waals surface area (Å²) >= 11 is 0. The van der Waals surface area contributed by atoms with E-state index >= 15 is 0 Å². The number of hydrogen-bond acceptors (Lipinski definition) is 5. The van der Waals surface area contributed by atoms with Crippen LogP contribution >= 0.6 is 0 Å². The normalized spacial score (nSPS) is 12.8. The number of hydrogen-bond donors (Lipinski definition) is 3. The summed E-state index contributed by atoms with van der Waals surface area (Å²) in [6.45, 7) is 13.0. The second-order valence-corrected chi connectivity index (χ2v) is 11.2. The van der Waals surface area contributed by atoms with Gasteiger partial charge in [0, 0.05) is 12.2 Å². The van der Waals surface area contributed by atoms with Crippen LogP contribution in [0.15, 0.2) is 79.4 Å². The molecule has 0 bridgehead atoms. The Balaban J connectivity index is 1.99. The highest BCUT2D eigenvalue weighted by molar-refractivity contribution is 6.00. The smallest absolute Gasteiger partial charge is 0.408 e. The number of anilines is 1. The number of fused-ring (bicyclic) bond motifs is 1. The number of alkyl carbamates (subject to hydrolysis) is 1. The van der Waals surface area contributed by atoms with Gasteiger partial charge >= 0.3 is 6.09 Å². The van der Waals surface area contributed by atoms with Gasteiger partial charge in [-0.3, -0.25) is 9.59 Å². The predicted molar refractivity (Wildman–Crippen MR) is 158 cm³/mol. The fourth-order valence-corrected chi connectivity index (χ4v) is 4.41. The summed E-state index contributed by atoms with van der Waals surface area (Å²) in [6, 6.07) is 17.5. The summed E-state index contributed by atoms with van der Waals surface area (Å²) in [5.74, 6) is -0.806. The molecule has 8 nitrogen and oxygen atoms in total. The zero-order chi connectivity index (χ0) is 29.4. The molecule has 3 rings (SSSR count). The van der Waals surface area contributed by atoms with Crippen molar-refractivity contribution >= 4 is 34.4 Å². The molecular formula is C32H39N3O5. The van der Waals surface area contributed by atoms with Gasteiger partial charge in [-0.15, -0.1) is 6.58 Å². The van der Waals surface area contributed by atoms with Gasteiger partial charge in [0.05, 0.1) is 0 Å². The fraction of sp³-hybridized carbons (Fsp3) is 0.344. The van der Waals surface area contributed by atoms with Gasteiger partial charge in [0.1, 0.15) is 23.4 Å². The molecule has 0 saturated heterocycles. The molecule has 3 N–H and O–H groups in total. The number of carbonyl (C=O) groups excluding carboxylic acids is 3. The van der Waals surface area contributed by atoms with E-state index in [4.69, 9.17) is 4.74 Å². The topological polar surface area (TPSA) is 108 Å². The Morgan fingerprint density at radius 1 is 1.00 bits per heavy atom. The number of benzene rings is 3. The summed E-state index contributed by atoms with van der Waals surface area (Å²) in [4.78, 5) is 42.0. The van der Waals surface area contributed by atoms with Crippen LogP contribution in [0.25, 0.3) is 10.8 Å². The van der Waals surface area contributed by atoms with Gasteiger partial charge in [0.25, 0.3) is 5.91 Å². The van der Waals surface area contributed by atoms with Crippen LogP contribution < -0.4 is 10.6 Å². The van der Waals surface area contributed by atoms with Crippen LogP contribution in [0, 0.1) is 5.92 Å². The first kappa shape index (κ1) is 30.2. The molecule has 8 heteroatoms. The highest BCUT2D eigenvalue weighted by Gasteiger charge is 2.36. The molecule has 212 valence electrons. The van der Waals surface area contributed by atoms with Crippen molar-refractivity contribution in [1.29, 1.82) is 0 Å². The van der Waals surface area contributed by atoms with Crippen molar-refractivity contribution in [3.05, 3.63) is 84.9 Å². The van der Waals surface area contributed by atoms with E-state index in [2.05, 4.69) is 17.2 Å². The quantitative estimate of drug-likeness (QED) is 0.264. The molecule has 2 unspecified atom stereocenters. The first-order valence-electron chi connectivity index (χ1n) is 13.4. The molecule has 3 aromatic carbocycles. The molecule has 0 radical (unpaired) electrons. The Morgan fingerprint density at radius 2 is 1.65 bits per heavy atom. The van der Waals surface area contributed by atoms with E-state index in [9.17, 15) is 19.5 Å². The van der Waals surface area contributed by atoms with Gasteiger partial charge in [-0.1, -0.05) is 62.4 Å². The SMILES string of the molecule is C=CCN(C(=O)C(CC(C)C)NC(=O)OC(C)(C)C)C(C(=O)Nc1ccc2ccccc2c1)c1ccc(O)cc1. The summed E-state index contributed by atoms with van der Waals surface area (Å²) in [6.07, 6.45) is 1.15. The third kappa shape index (κ3) is 8.33. The number of rotatable bonds is 10. The van der Waals surface area contributed by atoms with Crippen molar-refractivity contribution in [3.8, 4) is 5.75 Å². The van der Waals surface area contributed by atoms with Crippen LogP contribution in [0.1, 0.15) is 52.6 Å². The lowest BCUT2D eigenvalue weighted by Gasteiger charge is -2.34. The third-order valence-corrected chi connectivity index (χ3v) is 6.09. The Kier molecular flexibility index (Phi) is 9.93. The van der Waals surface area contributed by atoms with Gasteiger partial charge in [-0.25, -0.2) is 4.79 Å². The molecule has 40 heavy (non-hydrogen) atoms. The van der Waals surface area contributed by atoms with Crippen molar-refractivity contribution in [2.75, 3.05) is 11.9 Å². The maximum absolute atomic E-state index is 14.1. The summed E-state index contributed by atoms with van der Waals surface area (Å²) in [7, 11) is 0. The first-order valence-corrected chi connectivity index (χ1v) is 13.4. The van der Waals surface area contributed by atoms with Crippen molar-refractivity contribution in [2.45, 2.75) is 58.7 Å². The molecule has 0 aliphatic rings. The number of amides is 3. The highest BCUT2D eigenvalue weighted by Crippen LogP contribution is 2.28. The van der Waals surface area contributed by atoms with Gasteiger partial charge < -0.3 is 25.4 Å². The molecule has 0 spiro atoms. The Bertz CT molecular complexity index is 1340. The summed E-state index contributed by atoms with van der Waals surface area (Å²) < 4.78 is 5.41. The number of phenols is 1. The molecule has 0 heterocycles. The van der Waals surface area contributed by atoms with Crippen LogP contribution in [0.4, 0.5) is 10.5 Å². The fourth-order valence-electron chi connectivity index (χ4n) is 4.41. The molecular weight excluding hydrogens is 506 g/mol. The van der Waals surface area contributed by atoms with Gasteiger partial charge in [-0.2, -0.15) is 0 Å². The van der Waals surface area contributed by atoms with Crippen LogP contribution in [0.2, 0.25) is 0 Å². The van der Waals surface area contributed by atoms with Crippen LogP contribution in [0.5, 0.6) is 5.75 Å². The number of carbonyl (C=O) groups is 3. The Morgan fingerprint density at radius 3 is 2.25 bits per heavy atom. The molecule has 0 saturated carbocycles. The van der Waals surface area contributed by atoms with Crippen molar-refractivity contribution in [1.82, 2.24) is 10.2 Å². The maximum Gasteiger partial charge on any atom is 0.408 e. The van der Waals surface area contributed by atoms with Crippen molar-refractivity contribution in [3.63, 3.8) is 0 Å². The highest BCUT2D eigenvalue weighted by atomic mass is 16.6. The average molecular weight is 546 g/mol. The predicted octanol–water partition coefficient (Wildman–Crippen LogP) is 6.18. The largest absolute Gasteiger partial charge is 0.508 e. The molecule has 0 aliphatic heterocycles. The number of aromatic hydroxyl groups is 1. The Hall–Kier alpha value is -4.33. The second-order valence-electron chi connectivity index (χ2n) is 11.2. The lowest BCUT2D eigenvalue weighted by Crippen LogP contribution is -2.52. The summed E-state index contributed by atoms with van der Waals surface area (Å²) in [5, 5.41) is 17.5. The minimum absolute atomic E-state index is 0.0308. The molecule has 0 aliphatic carbocycles. The third-order valence-electron chi connectivity index (χ3n) is 6.09. The monoisotopic (exact) mass is 545 g/mol. The van der Waals surface area contributed by atoms with Crippen LogP contribution in [-0.4, -0.2) is 46.1 Å². The number of phenolic OH excluding ortho intramolecular Hbond substituents is 1. The molecule has 2 atom stereocenters. The minimum Gasteiger partial charge on any atom is -0.508 e. The zero-order valence-electron chi connectivity index (χ0n) is 23.8. The number of ether oxygens (including phenoxy) is 1. The van der Waals surface area contributed by atoms with E-state index in [1.807, 2.05) is 50.2 Å². The number of nitrogens with one attached hydrogen (secondary N) is 2.